The average molecular weight is 345 g/mol. The van der Waals surface area contributed by atoms with E-state index in [1.807, 2.05) is 53.5 Å². The van der Waals surface area contributed by atoms with E-state index in [1.54, 1.807) is 17.5 Å². The summed E-state index contributed by atoms with van der Waals surface area (Å²) in [6.07, 6.45) is 3.65. The Hall–Kier alpha value is -1.92. The second kappa shape index (κ2) is 7.32. The summed E-state index contributed by atoms with van der Waals surface area (Å²) in [6.45, 7) is 0.731. The molecule has 0 aromatic carbocycles. The molecule has 1 aliphatic heterocycles. The number of aliphatic hydroxyl groups excluding tert-OH is 1. The molecule has 128 valence electrons. The highest BCUT2D eigenvalue weighted by Gasteiger charge is 2.32. The molecule has 2 unspecified atom stereocenters. The lowest BCUT2D eigenvalue weighted by Gasteiger charge is -2.26. The van der Waals surface area contributed by atoms with Crippen molar-refractivity contribution < 1.29 is 9.90 Å². The molecular weight excluding hydrogens is 322 g/mol. The number of rotatable bonds is 5. The van der Waals surface area contributed by atoms with Crippen molar-refractivity contribution in [2.75, 3.05) is 25.5 Å². The van der Waals surface area contributed by atoms with E-state index in [-0.39, 0.29) is 11.9 Å². The van der Waals surface area contributed by atoms with Crippen LogP contribution in [-0.4, -0.2) is 47.6 Å². The first-order valence-corrected chi connectivity index (χ1v) is 9.10. The monoisotopic (exact) mass is 345 g/mol. The highest BCUT2D eigenvalue weighted by atomic mass is 32.1. The maximum Gasteiger partial charge on any atom is 0.272 e. The lowest BCUT2D eigenvalue weighted by molar-refractivity contribution is 0.0664. The number of likely N-dealkylation sites (tertiary alicyclic amines) is 1. The van der Waals surface area contributed by atoms with E-state index < -0.39 is 6.10 Å². The molecule has 3 heterocycles. The molecular formula is C18H23N3O2S. The smallest absolute Gasteiger partial charge is 0.272 e. The van der Waals surface area contributed by atoms with Gasteiger partial charge in [0.1, 0.15) is 5.69 Å². The van der Waals surface area contributed by atoms with Crippen LogP contribution in [0.5, 0.6) is 0 Å². The second-order valence-electron chi connectivity index (χ2n) is 6.36. The van der Waals surface area contributed by atoms with E-state index in [0.29, 0.717) is 12.1 Å². The summed E-state index contributed by atoms with van der Waals surface area (Å²) in [5.41, 5.74) is 1.43. The number of hydrogen-bond donors (Lipinski definition) is 1. The molecule has 3 rings (SSSR count). The van der Waals surface area contributed by atoms with Crippen LogP contribution in [-0.2, 0) is 0 Å². The molecule has 1 saturated heterocycles. The van der Waals surface area contributed by atoms with Crippen LogP contribution in [0.2, 0.25) is 0 Å². The number of pyridine rings is 1. The number of anilines is 1. The van der Waals surface area contributed by atoms with E-state index in [0.717, 1.165) is 30.0 Å². The van der Waals surface area contributed by atoms with Gasteiger partial charge >= 0.3 is 0 Å². The number of thiophene rings is 1. The fourth-order valence-electron chi connectivity index (χ4n) is 3.16. The van der Waals surface area contributed by atoms with Gasteiger partial charge in [0.2, 0.25) is 0 Å². The molecule has 1 fully saturated rings. The zero-order valence-corrected chi connectivity index (χ0v) is 14.9. The van der Waals surface area contributed by atoms with Crippen molar-refractivity contribution in [3.05, 3.63) is 46.4 Å². The number of carbonyl (C=O) groups excluding carboxylic acids is 1. The Morgan fingerprint density at radius 1 is 1.50 bits per heavy atom. The Morgan fingerprint density at radius 2 is 2.33 bits per heavy atom. The van der Waals surface area contributed by atoms with Gasteiger partial charge in [-0.05, 0) is 42.8 Å². The largest absolute Gasteiger partial charge is 0.387 e. The van der Waals surface area contributed by atoms with Gasteiger partial charge in [-0.25, -0.2) is 0 Å². The Morgan fingerprint density at radius 3 is 3.04 bits per heavy atom. The molecule has 0 saturated carbocycles. The highest BCUT2D eigenvalue weighted by molar-refractivity contribution is 7.10. The standard InChI is InChI=1S/C18H23N3O2S/c1-20(2)13-7-8-19-15(11-13)18(23)21-9-3-5-14(21)12-16(22)17-6-4-10-24-17/h4,6-8,10-11,14,16,22H,3,5,9,12H2,1-2H3. The zero-order chi connectivity index (χ0) is 17.1. The van der Waals surface area contributed by atoms with Crippen LogP contribution in [0.4, 0.5) is 5.69 Å². The zero-order valence-electron chi connectivity index (χ0n) is 14.1. The summed E-state index contributed by atoms with van der Waals surface area (Å²) in [5, 5.41) is 12.4. The van der Waals surface area contributed by atoms with Crippen LogP contribution in [0, 0.1) is 0 Å². The van der Waals surface area contributed by atoms with Gasteiger partial charge in [0.15, 0.2) is 0 Å². The van der Waals surface area contributed by atoms with Crippen LogP contribution in [0.15, 0.2) is 35.8 Å². The summed E-state index contributed by atoms with van der Waals surface area (Å²) in [5.74, 6) is -0.0421. The van der Waals surface area contributed by atoms with Crippen molar-refractivity contribution in [2.24, 2.45) is 0 Å². The Kier molecular flexibility index (Phi) is 5.16. The molecule has 24 heavy (non-hydrogen) atoms. The minimum atomic E-state index is -0.510. The van der Waals surface area contributed by atoms with E-state index in [1.165, 1.54) is 0 Å². The van der Waals surface area contributed by atoms with E-state index in [9.17, 15) is 9.90 Å². The molecule has 5 nitrogen and oxygen atoms in total. The molecule has 6 heteroatoms. The fourth-order valence-corrected chi connectivity index (χ4v) is 3.89. The van der Waals surface area contributed by atoms with Crippen molar-refractivity contribution >= 4 is 22.9 Å². The predicted molar refractivity (Wildman–Crippen MR) is 96.5 cm³/mol. The number of nitrogens with zero attached hydrogens (tertiary/aromatic N) is 3. The van der Waals surface area contributed by atoms with Gasteiger partial charge in [0.05, 0.1) is 6.10 Å². The van der Waals surface area contributed by atoms with E-state index >= 15 is 0 Å². The highest BCUT2D eigenvalue weighted by Crippen LogP contribution is 2.30. The third kappa shape index (κ3) is 3.60. The molecule has 1 amide bonds. The quantitative estimate of drug-likeness (QED) is 0.905. The molecule has 0 radical (unpaired) electrons. The van der Waals surface area contributed by atoms with Crippen LogP contribution >= 0.6 is 11.3 Å². The normalized spacial score (nSPS) is 18.6. The predicted octanol–water partition coefficient (Wildman–Crippen LogP) is 2.94. The van der Waals surface area contributed by atoms with E-state index in [4.69, 9.17) is 0 Å². The average Bonchev–Trinajstić information content (AvgIpc) is 3.26. The Balaban J connectivity index is 1.73. The molecule has 0 bridgehead atoms. The summed E-state index contributed by atoms with van der Waals surface area (Å²) in [4.78, 5) is 21.9. The van der Waals surface area contributed by atoms with Gasteiger partial charge in [0.25, 0.3) is 5.91 Å². The van der Waals surface area contributed by atoms with Crippen LogP contribution < -0.4 is 4.90 Å². The molecule has 2 aromatic heterocycles. The van der Waals surface area contributed by atoms with Gasteiger partial charge in [-0.2, -0.15) is 0 Å². The number of aliphatic hydroxyl groups is 1. The van der Waals surface area contributed by atoms with Gasteiger partial charge in [-0.15, -0.1) is 11.3 Å². The van der Waals surface area contributed by atoms with Crippen molar-refractivity contribution in [1.29, 1.82) is 0 Å². The number of amides is 1. The molecule has 1 aliphatic rings. The third-order valence-electron chi connectivity index (χ3n) is 4.48. The third-order valence-corrected chi connectivity index (χ3v) is 5.46. The number of aromatic nitrogens is 1. The van der Waals surface area contributed by atoms with Gasteiger partial charge in [-0.3, -0.25) is 9.78 Å². The Bertz CT molecular complexity index is 687. The SMILES string of the molecule is CN(C)c1ccnc(C(=O)N2CCCC2CC(O)c2cccs2)c1. The lowest BCUT2D eigenvalue weighted by Crippen LogP contribution is -2.37. The summed E-state index contributed by atoms with van der Waals surface area (Å²) in [6, 6.07) is 7.67. The van der Waals surface area contributed by atoms with E-state index in [2.05, 4.69) is 4.98 Å². The fraction of sp³-hybridized carbons (Fsp3) is 0.444. The molecule has 0 spiro atoms. The molecule has 0 aliphatic carbocycles. The van der Waals surface area contributed by atoms with Crippen molar-refractivity contribution in [3.63, 3.8) is 0 Å². The molecule has 1 N–H and O–H groups in total. The Labute approximate surface area is 146 Å². The van der Waals surface area contributed by atoms with Gasteiger partial charge < -0.3 is 14.9 Å². The van der Waals surface area contributed by atoms with Gasteiger partial charge in [-0.1, -0.05) is 6.07 Å². The summed E-state index contributed by atoms with van der Waals surface area (Å²) >= 11 is 1.55. The lowest BCUT2D eigenvalue weighted by atomic mass is 10.1. The van der Waals surface area contributed by atoms with Crippen molar-refractivity contribution in [1.82, 2.24) is 9.88 Å². The minimum absolute atomic E-state index is 0.0421. The summed E-state index contributed by atoms with van der Waals surface area (Å²) in [7, 11) is 3.89. The topological polar surface area (TPSA) is 56.7 Å². The van der Waals surface area contributed by atoms with Gasteiger partial charge in [0, 0.05) is 43.4 Å². The molecule has 2 atom stereocenters. The first-order chi connectivity index (χ1) is 11.6. The number of carbonyl (C=O) groups is 1. The first-order valence-electron chi connectivity index (χ1n) is 8.22. The van der Waals surface area contributed by atoms with Crippen molar-refractivity contribution in [2.45, 2.75) is 31.4 Å². The minimum Gasteiger partial charge on any atom is -0.387 e. The molecule has 2 aromatic rings. The van der Waals surface area contributed by atoms with Crippen molar-refractivity contribution in [3.8, 4) is 0 Å². The first kappa shape index (κ1) is 16.9. The summed E-state index contributed by atoms with van der Waals surface area (Å²) < 4.78 is 0. The maximum atomic E-state index is 12.9. The van der Waals surface area contributed by atoms with Crippen LogP contribution in [0.25, 0.3) is 0 Å². The van der Waals surface area contributed by atoms with Crippen LogP contribution in [0.3, 0.4) is 0 Å². The number of hydrogen-bond acceptors (Lipinski definition) is 5. The van der Waals surface area contributed by atoms with Crippen LogP contribution in [0.1, 0.15) is 40.7 Å². The second-order valence-corrected chi connectivity index (χ2v) is 7.33. The maximum absolute atomic E-state index is 12.9.